The van der Waals surface area contributed by atoms with Crippen LogP contribution in [-0.4, -0.2) is 26.2 Å². The van der Waals surface area contributed by atoms with Gasteiger partial charge in [-0.2, -0.15) is 5.10 Å². The summed E-state index contributed by atoms with van der Waals surface area (Å²) < 4.78 is 2.48. The normalized spacial score (nSPS) is 10.4. The molecule has 0 saturated heterocycles. The molecule has 0 aliphatic heterocycles. The summed E-state index contributed by atoms with van der Waals surface area (Å²) in [7, 11) is 0. The number of pyridine rings is 1. The van der Waals surface area contributed by atoms with E-state index in [4.69, 9.17) is 0 Å². The number of halogens is 1. The lowest BCUT2D eigenvalue weighted by molar-refractivity contribution is -0.385. The maximum Gasteiger partial charge on any atom is 0.306 e. The number of aromatic nitrogens is 3. The number of aryl methyl sites for hydroxylation is 1. The molecule has 2 aromatic heterocycles. The minimum absolute atomic E-state index is 0.00221. The topological polar surface area (TPSA) is 85.9 Å². The molecule has 2 aromatic rings. The van der Waals surface area contributed by atoms with Crippen molar-refractivity contribution < 1.29 is 4.92 Å². The number of nitro groups is 1. The zero-order valence-corrected chi connectivity index (χ0v) is 11.8. The van der Waals surface area contributed by atoms with Crippen molar-refractivity contribution in [3.8, 4) is 0 Å². The second kappa shape index (κ2) is 5.79. The molecule has 2 heterocycles. The summed E-state index contributed by atoms with van der Waals surface area (Å²) in [5, 5.41) is 17.5. The molecular formula is C11H12BrN5O2. The molecule has 0 radical (unpaired) electrons. The van der Waals surface area contributed by atoms with E-state index in [1.807, 2.05) is 13.0 Å². The standard InChI is InChI=1S/C11H12BrN5O2/c1-8-4-11(14-6-10(8)12)13-2-3-16-7-9(5-15-16)17(18)19/h4-7H,2-3H2,1H3,(H,13,14). The third kappa shape index (κ3) is 3.50. The molecule has 0 atom stereocenters. The van der Waals surface area contributed by atoms with Crippen molar-refractivity contribution >= 4 is 27.4 Å². The minimum Gasteiger partial charge on any atom is -0.368 e. The molecule has 0 amide bonds. The van der Waals surface area contributed by atoms with Crippen LogP contribution in [0.5, 0.6) is 0 Å². The highest BCUT2D eigenvalue weighted by Gasteiger charge is 2.08. The highest BCUT2D eigenvalue weighted by atomic mass is 79.9. The Morgan fingerprint density at radius 3 is 2.95 bits per heavy atom. The molecular weight excluding hydrogens is 314 g/mol. The van der Waals surface area contributed by atoms with Crippen molar-refractivity contribution in [2.45, 2.75) is 13.5 Å². The molecule has 0 fully saturated rings. The lowest BCUT2D eigenvalue weighted by Crippen LogP contribution is -2.11. The molecule has 0 aliphatic carbocycles. The quantitative estimate of drug-likeness (QED) is 0.673. The summed E-state index contributed by atoms with van der Waals surface area (Å²) >= 11 is 3.38. The Morgan fingerprint density at radius 2 is 2.32 bits per heavy atom. The van der Waals surface area contributed by atoms with Crippen molar-refractivity contribution in [1.29, 1.82) is 0 Å². The van der Waals surface area contributed by atoms with E-state index in [2.05, 4.69) is 31.3 Å². The lowest BCUT2D eigenvalue weighted by atomic mass is 10.3. The molecule has 8 heteroatoms. The third-order valence-electron chi connectivity index (χ3n) is 2.52. The summed E-state index contributed by atoms with van der Waals surface area (Å²) in [4.78, 5) is 14.2. The molecule has 0 spiro atoms. The van der Waals surface area contributed by atoms with Crippen LogP contribution in [0.2, 0.25) is 0 Å². The number of anilines is 1. The van der Waals surface area contributed by atoms with Gasteiger partial charge < -0.3 is 5.32 Å². The van der Waals surface area contributed by atoms with E-state index in [0.717, 1.165) is 15.9 Å². The van der Waals surface area contributed by atoms with Crippen LogP contribution in [0.15, 0.2) is 29.1 Å². The minimum atomic E-state index is -0.462. The van der Waals surface area contributed by atoms with E-state index >= 15 is 0 Å². The summed E-state index contributed by atoms with van der Waals surface area (Å²) in [6.45, 7) is 3.10. The van der Waals surface area contributed by atoms with Gasteiger partial charge in [-0.25, -0.2) is 4.98 Å². The Bertz CT molecular complexity index is 599. The van der Waals surface area contributed by atoms with E-state index in [0.29, 0.717) is 13.1 Å². The first-order chi connectivity index (χ1) is 9.06. The summed E-state index contributed by atoms with van der Waals surface area (Å²) in [6, 6.07) is 1.93. The number of hydrogen-bond donors (Lipinski definition) is 1. The van der Waals surface area contributed by atoms with E-state index in [1.54, 1.807) is 6.20 Å². The Hall–Kier alpha value is -1.96. The van der Waals surface area contributed by atoms with Gasteiger partial charge in [0.15, 0.2) is 0 Å². The fourth-order valence-corrected chi connectivity index (χ4v) is 1.72. The third-order valence-corrected chi connectivity index (χ3v) is 3.35. The Labute approximate surface area is 117 Å². The molecule has 0 aliphatic rings. The van der Waals surface area contributed by atoms with Crippen molar-refractivity contribution in [2.24, 2.45) is 0 Å². The van der Waals surface area contributed by atoms with Gasteiger partial charge in [0, 0.05) is 17.2 Å². The number of nitrogens with one attached hydrogen (secondary N) is 1. The van der Waals surface area contributed by atoms with Gasteiger partial charge in [-0.1, -0.05) is 0 Å². The molecule has 0 bridgehead atoms. The zero-order valence-electron chi connectivity index (χ0n) is 10.2. The molecule has 0 saturated carbocycles. The van der Waals surface area contributed by atoms with Crippen molar-refractivity contribution in [1.82, 2.24) is 14.8 Å². The van der Waals surface area contributed by atoms with E-state index in [1.165, 1.54) is 17.1 Å². The average molecular weight is 326 g/mol. The maximum absolute atomic E-state index is 10.5. The van der Waals surface area contributed by atoms with Gasteiger partial charge in [0.1, 0.15) is 18.2 Å². The monoisotopic (exact) mass is 325 g/mol. The van der Waals surface area contributed by atoms with Crippen LogP contribution in [0, 0.1) is 17.0 Å². The second-order valence-corrected chi connectivity index (χ2v) is 4.82. The Morgan fingerprint density at radius 1 is 1.53 bits per heavy atom. The van der Waals surface area contributed by atoms with Crippen LogP contribution in [-0.2, 0) is 6.54 Å². The number of rotatable bonds is 5. The molecule has 100 valence electrons. The Kier molecular flexibility index (Phi) is 4.10. The summed E-state index contributed by atoms with van der Waals surface area (Å²) in [5.74, 6) is 0.766. The van der Waals surface area contributed by atoms with Crippen LogP contribution in [0.3, 0.4) is 0 Å². The van der Waals surface area contributed by atoms with Crippen LogP contribution in [0.4, 0.5) is 11.5 Å². The van der Waals surface area contributed by atoms with Crippen LogP contribution < -0.4 is 5.32 Å². The largest absolute Gasteiger partial charge is 0.368 e. The number of nitrogens with zero attached hydrogens (tertiary/aromatic N) is 4. The molecule has 1 N–H and O–H groups in total. The molecule has 0 unspecified atom stereocenters. The first kappa shape index (κ1) is 13.5. The molecule has 0 aromatic carbocycles. The average Bonchev–Trinajstić information content (AvgIpc) is 2.83. The van der Waals surface area contributed by atoms with Gasteiger partial charge in [-0.15, -0.1) is 0 Å². The van der Waals surface area contributed by atoms with Gasteiger partial charge in [-0.3, -0.25) is 14.8 Å². The predicted molar refractivity (Wildman–Crippen MR) is 74.0 cm³/mol. The summed E-state index contributed by atoms with van der Waals surface area (Å²) in [6.07, 6.45) is 4.38. The maximum atomic E-state index is 10.5. The fourth-order valence-electron chi connectivity index (χ4n) is 1.50. The second-order valence-electron chi connectivity index (χ2n) is 3.96. The van der Waals surface area contributed by atoms with Crippen LogP contribution in [0.25, 0.3) is 0 Å². The van der Waals surface area contributed by atoms with E-state index < -0.39 is 4.92 Å². The van der Waals surface area contributed by atoms with Gasteiger partial charge in [-0.05, 0) is 34.5 Å². The summed E-state index contributed by atoms with van der Waals surface area (Å²) in [5.41, 5.74) is 1.09. The zero-order chi connectivity index (χ0) is 13.8. The predicted octanol–water partition coefficient (Wildman–Crippen LogP) is 2.37. The SMILES string of the molecule is Cc1cc(NCCn2cc([N+](=O)[O-])cn2)ncc1Br. The van der Waals surface area contributed by atoms with Crippen molar-refractivity contribution in [3.63, 3.8) is 0 Å². The van der Waals surface area contributed by atoms with Crippen molar-refractivity contribution in [3.05, 3.63) is 44.8 Å². The molecule has 19 heavy (non-hydrogen) atoms. The first-order valence-corrected chi connectivity index (χ1v) is 6.38. The molecule has 2 rings (SSSR count). The van der Waals surface area contributed by atoms with Gasteiger partial charge >= 0.3 is 5.69 Å². The van der Waals surface area contributed by atoms with Crippen LogP contribution >= 0.6 is 15.9 Å². The van der Waals surface area contributed by atoms with Crippen molar-refractivity contribution in [2.75, 3.05) is 11.9 Å². The smallest absolute Gasteiger partial charge is 0.306 e. The highest BCUT2D eigenvalue weighted by molar-refractivity contribution is 9.10. The first-order valence-electron chi connectivity index (χ1n) is 5.59. The lowest BCUT2D eigenvalue weighted by Gasteiger charge is -2.06. The highest BCUT2D eigenvalue weighted by Crippen LogP contribution is 2.17. The van der Waals surface area contributed by atoms with Gasteiger partial charge in [0.05, 0.1) is 11.5 Å². The fraction of sp³-hybridized carbons (Fsp3) is 0.273. The van der Waals surface area contributed by atoms with Crippen LogP contribution in [0.1, 0.15) is 5.56 Å². The van der Waals surface area contributed by atoms with Gasteiger partial charge in [0.25, 0.3) is 0 Å². The van der Waals surface area contributed by atoms with E-state index in [-0.39, 0.29) is 5.69 Å². The molecule has 7 nitrogen and oxygen atoms in total. The number of hydrogen-bond acceptors (Lipinski definition) is 5. The Balaban J connectivity index is 1.88. The van der Waals surface area contributed by atoms with E-state index in [9.17, 15) is 10.1 Å². The van der Waals surface area contributed by atoms with Gasteiger partial charge in [0.2, 0.25) is 0 Å².